The number of thioether (sulfide) groups is 1. The normalized spacial score (nSPS) is 25.7. The van der Waals surface area contributed by atoms with Crippen LogP contribution in [0.4, 0.5) is 0 Å². The number of hydrogen-bond donors (Lipinski definition) is 2. The van der Waals surface area contributed by atoms with Gasteiger partial charge in [0.1, 0.15) is 0 Å². The summed E-state index contributed by atoms with van der Waals surface area (Å²) in [7, 11) is 0. The second kappa shape index (κ2) is 4.56. The molecular formula is C12H17NOS. The van der Waals surface area contributed by atoms with Crippen molar-refractivity contribution >= 4 is 11.8 Å². The highest BCUT2D eigenvalue weighted by molar-refractivity contribution is 7.98. The number of nitrogens with one attached hydrogen (secondary N) is 1. The molecule has 3 heteroatoms. The van der Waals surface area contributed by atoms with Gasteiger partial charge >= 0.3 is 0 Å². The Labute approximate surface area is 95.1 Å². The standard InChI is InChI=1S/C12H17NOS/c1-15-11-4-2-3-10(7-11)8-12(14)5-6-13-9-12/h2-4,7,13-14H,5-6,8-9H2,1H3. The molecule has 0 saturated carbocycles. The first-order valence-electron chi connectivity index (χ1n) is 5.28. The highest BCUT2D eigenvalue weighted by Crippen LogP contribution is 2.23. The first-order chi connectivity index (χ1) is 7.22. The highest BCUT2D eigenvalue weighted by atomic mass is 32.2. The molecule has 82 valence electrons. The van der Waals surface area contributed by atoms with Gasteiger partial charge in [0.15, 0.2) is 0 Å². The smallest absolute Gasteiger partial charge is 0.0823 e. The third kappa shape index (κ3) is 2.74. The molecule has 2 rings (SSSR count). The largest absolute Gasteiger partial charge is 0.388 e. The summed E-state index contributed by atoms with van der Waals surface area (Å²) in [6, 6.07) is 8.43. The summed E-state index contributed by atoms with van der Waals surface area (Å²) in [5.41, 5.74) is 0.699. The molecule has 0 aromatic heterocycles. The lowest BCUT2D eigenvalue weighted by Crippen LogP contribution is -2.33. The van der Waals surface area contributed by atoms with Crippen LogP contribution >= 0.6 is 11.8 Å². The summed E-state index contributed by atoms with van der Waals surface area (Å²) in [5, 5.41) is 13.4. The van der Waals surface area contributed by atoms with E-state index in [0.717, 1.165) is 25.9 Å². The first kappa shape index (κ1) is 11.0. The monoisotopic (exact) mass is 223 g/mol. The minimum Gasteiger partial charge on any atom is -0.388 e. The van der Waals surface area contributed by atoms with Gasteiger partial charge in [0.2, 0.25) is 0 Å². The van der Waals surface area contributed by atoms with Crippen molar-refractivity contribution in [1.29, 1.82) is 0 Å². The minimum absolute atomic E-state index is 0.531. The summed E-state index contributed by atoms with van der Waals surface area (Å²) >= 11 is 1.74. The lowest BCUT2D eigenvalue weighted by Gasteiger charge is -2.21. The van der Waals surface area contributed by atoms with Gasteiger partial charge in [0.25, 0.3) is 0 Å². The Kier molecular flexibility index (Phi) is 3.34. The molecule has 1 aliphatic heterocycles. The van der Waals surface area contributed by atoms with Crippen LogP contribution in [0.5, 0.6) is 0 Å². The number of rotatable bonds is 3. The topological polar surface area (TPSA) is 32.3 Å². The molecule has 1 heterocycles. The van der Waals surface area contributed by atoms with Crippen LogP contribution in [0.15, 0.2) is 29.2 Å². The van der Waals surface area contributed by atoms with E-state index in [2.05, 4.69) is 35.8 Å². The van der Waals surface area contributed by atoms with Gasteiger partial charge in [0.05, 0.1) is 5.60 Å². The van der Waals surface area contributed by atoms with E-state index >= 15 is 0 Å². The molecule has 1 saturated heterocycles. The fourth-order valence-corrected chi connectivity index (χ4v) is 2.53. The molecule has 1 aromatic rings. The van der Waals surface area contributed by atoms with E-state index in [-0.39, 0.29) is 0 Å². The molecule has 15 heavy (non-hydrogen) atoms. The minimum atomic E-state index is -0.531. The maximum Gasteiger partial charge on any atom is 0.0823 e. The third-order valence-electron chi connectivity index (χ3n) is 2.89. The van der Waals surface area contributed by atoms with E-state index in [1.807, 2.05) is 0 Å². The third-order valence-corrected chi connectivity index (χ3v) is 3.61. The van der Waals surface area contributed by atoms with E-state index < -0.39 is 5.60 Å². The Morgan fingerprint density at radius 3 is 3.07 bits per heavy atom. The van der Waals surface area contributed by atoms with Gasteiger partial charge in [-0.1, -0.05) is 12.1 Å². The zero-order chi connectivity index (χ0) is 10.7. The van der Waals surface area contributed by atoms with Gasteiger partial charge in [-0.15, -0.1) is 11.8 Å². The molecular weight excluding hydrogens is 206 g/mol. The van der Waals surface area contributed by atoms with Crippen LogP contribution < -0.4 is 5.32 Å². The Morgan fingerprint density at radius 1 is 1.53 bits per heavy atom. The van der Waals surface area contributed by atoms with Gasteiger partial charge in [-0.25, -0.2) is 0 Å². The van der Waals surface area contributed by atoms with Crippen molar-refractivity contribution < 1.29 is 5.11 Å². The van der Waals surface area contributed by atoms with Crippen LogP contribution in [0.2, 0.25) is 0 Å². The maximum absolute atomic E-state index is 10.2. The molecule has 0 spiro atoms. The van der Waals surface area contributed by atoms with Crippen LogP contribution in [0.1, 0.15) is 12.0 Å². The molecule has 1 unspecified atom stereocenters. The van der Waals surface area contributed by atoms with E-state index in [4.69, 9.17) is 0 Å². The molecule has 2 nitrogen and oxygen atoms in total. The average molecular weight is 223 g/mol. The van der Waals surface area contributed by atoms with Gasteiger partial charge < -0.3 is 10.4 Å². The van der Waals surface area contributed by atoms with Crippen molar-refractivity contribution in [2.45, 2.75) is 23.3 Å². The number of hydrogen-bond acceptors (Lipinski definition) is 3. The molecule has 1 aromatic carbocycles. The van der Waals surface area contributed by atoms with Crippen molar-refractivity contribution in [1.82, 2.24) is 5.32 Å². The number of β-amino-alcohol motifs (C(OH)–C–C–N with tert-alkyl or cyclic N) is 1. The van der Waals surface area contributed by atoms with E-state index in [1.54, 1.807) is 11.8 Å². The summed E-state index contributed by atoms with van der Waals surface area (Å²) in [5.74, 6) is 0. The zero-order valence-corrected chi connectivity index (χ0v) is 9.81. The van der Waals surface area contributed by atoms with Gasteiger partial charge in [-0.3, -0.25) is 0 Å². The number of benzene rings is 1. The predicted octanol–water partition coefficient (Wildman–Crippen LogP) is 1.68. The molecule has 1 fully saturated rings. The summed E-state index contributed by atoms with van der Waals surface area (Å²) in [6.45, 7) is 1.65. The Hall–Kier alpha value is -0.510. The fourth-order valence-electron chi connectivity index (χ4n) is 2.04. The van der Waals surface area contributed by atoms with Crippen LogP contribution in [-0.2, 0) is 6.42 Å². The lowest BCUT2D eigenvalue weighted by molar-refractivity contribution is 0.0618. The summed E-state index contributed by atoms with van der Waals surface area (Å²) in [4.78, 5) is 1.27. The van der Waals surface area contributed by atoms with E-state index in [1.165, 1.54) is 10.5 Å². The fraction of sp³-hybridized carbons (Fsp3) is 0.500. The molecule has 0 amide bonds. The number of aliphatic hydroxyl groups is 1. The van der Waals surface area contributed by atoms with Crippen LogP contribution in [0.3, 0.4) is 0 Å². The SMILES string of the molecule is CSc1cccc(CC2(O)CCNC2)c1. The van der Waals surface area contributed by atoms with Crippen molar-refractivity contribution in [3.8, 4) is 0 Å². The van der Waals surface area contributed by atoms with Crippen LogP contribution in [-0.4, -0.2) is 30.1 Å². The molecule has 2 N–H and O–H groups in total. The lowest BCUT2D eigenvalue weighted by atomic mass is 9.94. The predicted molar refractivity (Wildman–Crippen MR) is 64.4 cm³/mol. The Morgan fingerprint density at radius 2 is 2.40 bits per heavy atom. The van der Waals surface area contributed by atoms with Gasteiger partial charge in [0, 0.05) is 17.9 Å². The second-order valence-electron chi connectivity index (χ2n) is 4.18. The molecule has 1 aliphatic rings. The average Bonchev–Trinajstić information content (AvgIpc) is 2.65. The first-order valence-corrected chi connectivity index (χ1v) is 6.50. The molecule has 0 aliphatic carbocycles. The molecule has 0 bridgehead atoms. The molecule has 1 atom stereocenters. The summed E-state index contributed by atoms with van der Waals surface area (Å²) < 4.78 is 0. The van der Waals surface area contributed by atoms with Crippen molar-refractivity contribution in [3.05, 3.63) is 29.8 Å². The van der Waals surface area contributed by atoms with E-state index in [0.29, 0.717) is 0 Å². The Bertz CT molecular complexity index is 334. The van der Waals surface area contributed by atoms with Crippen molar-refractivity contribution in [2.24, 2.45) is 0 Å². The van der Waals surface area contributed by atoms with Crippen LogP contribution in [0.25, 0.3) is 0 Å². The van der Waals surface area contributed by atoms with Crippen LogP contribution in [0, 0.1) is 0 Å². The zero-order valence-electron chi connectivity index (χ0n) is 8.99. The van der Waals surface area contributed by atoms with Gasteiger partial charge in [-0.2, -0.15) is 0 Å². The van der Waals surface area contributed by atoms with Crippen molar-refractivity contribution in [2.75, 3.05) is 19.3 Å². The van der Waals surface area contributed by atoms with Crippen molar-refractivity contribution in [3.63, 3.8) is 0 Å². The van der Waals surface area contributed by atoms with Gasteiger partial charge in [-0.05, 0) is 36.9 Å². The molecule has 0 radical (unpaired) electrons. The maximum atomic E-state index is 10.2. The second-order valence-corrected chi connectivity index (χ2v) is 5.06. The Balaban J connectivity index is 2.09. The van der Waals surface area contributed by atoms with E-state index in [9.17, 15) is 5.11 Å². The highest BCUT2D eigenvalue weighted by Gasteiger charge is 2.30. The summed E-state index contributed by atoms with van der Waals surface area (Å²) in [6.07, 6.45) is 3.69. The quantitative estimate of drug-likeness (QED) is 0.765.